The molecular weight excluding hydrogens is 270 g/mol. The zero-order valence-corrected chi connectivity index (χ0v) is 10.4. The molecule has 0 fully saturated rings. The maximum atomic E-state index is 12.5. The van der Waals surface area contributed by atoms with Crippen LogP contribution in [0.5, 0.6) is 5.75 Å². The quantitative estimate of drug-likeness (QED) is 0.392. The number of quaternary nitrogens is 1. The Morgan fingerprint density at radius 3 is 2.85 bits per heavy atom. The van der Waals surface area contributed by atoms with Crippen molar-refractivity contribution < 1.29 is 24.5 Å². The third-order valence-electron chi connectivity index (χ3n) is 2.67. The molecule has 1 aliphatic heterocycles. The number of hydrogen-bond acceptors (Lipinski definition) is 6. The Bertz CT molecular complexity index is 614. The van der Waals surface area contributed by atoms with Gasteiger partial charge in [-0.3, -0.25) is 10.1 Å². The third-order valence-corrected chi connectivity index (χ3v) is 2.67. The summed E-state index contributed by atoms with van der Waals surface area (Å²) in [6.45, 7) is 1.18. The number of carboxylic acid groups (broad SMARTS) is 1. The predicted molar refractivity (Wildman–Crippen MR) is 67.6 cm³/mol. The number of amides is 1. The van der Waals surface area contributed by atoms with Gasteiger partial charge in [0.15, 0.2) is 12.4 Å². The van der Waals surface area contributed by atoms with Crippen molar-refractivity contribution in [3.63, 3.8) is 0 Å². The maximum absolute atomic E-state index is 12.5. The van der Waals surface area contributed by atoms with Gasteiger partial charge in [0.05, 0.1) is 0 Å². The molecule has 1 atom stereocenters. The van der Waals surface area contributed by atoms with Crippen LogP contribution in [0.1, 0.15) is 5.56 Å². The minimum absolute atomic E-state index is 0.00684. The second kappa shape index (κ2) is 4.79. The molecule has 20 heavy (non-hydrogen) atoms. The summed E-state index contributed by atoms with van der Waals surface area (Å²) in [7, 11) is 0. The lowest BCUT2D eigenvalue weighted by Crippen LogP contribution is -2.55. The van der Waals surface area contributed by atoms with Gasteiger partial charge in [-0.05, 0) is 23.7 Å². The van der Waals surface area contributed by atoms with E-state index >= 15 is 0 Å². The topological polar surface area (TPSA) is 131 Å². The molecule has 0 aliphatic carbocycles. The minimum Gasteiger partial charge on any atom is -0.598 e. The Morgan fingerprint density at radius 1 is 1.55 bits per heavy atom. The maximum Gasteiger partial charge on any atom is 0.513 e. The first-order valence-corrected chi connectivity index (χ1v) is 5.50. The fourth-order valence-corrected chi connectivity index (χ4v) is 1.64. The molecule has 1 aromatic rings. The van der Waals surface area contributed by atoms with Gasteiger partial charge in [0.2, 0.25) is 0 Å². The Hall–Kier alpha value is -2.65. The molecule has 1 unspecified atom stereocenters. The fraction of sp³-hybridized carbons (Fsp3) is 0.182. The average Bonchev–Trinajstić information content (AvgIpc) is 2.37. The van der Waals surface area contributed by atoms with Crippen LogP contribution < -0.4 is 10.1 Å². The molecule has 2 rings (SSSR count). The van der Waals surface area contributed by atoms with Crippen LogP contribution in [-0.4, -0.2) is 34.8 Å². The van der Waals surface area contributed by atoms with Crippen LogP contribution in [0.3, 0.4) is 0 Å². The monoisotopic (exact) mass is 281 g/mol. The summed E-state index contributed by atoms with van der Waals surface area (Å²) in [6, 6.07) is 4.03. The summed E-state index contributed by atoms with van der Waals surface area (Å²) in [5, 5.41) is 36.1. The van der Waals surface area contributed by atoms with Gasteiger partial charge in [-0.1, -0.05) is 0 Å². The highest BCUT2D eigenvalue weighted by molar-refractivity contribution is 6.37. The van der Waals surface area contributed by atoms with Gasteiger partial charge in [0.25, 0.3) is 0 Å². The fourth-order valence-electron chi connectivity index (χ4n) is 1.64. The molecule has 0 bridgehead atoms. The number of hydrogen-bond donors (Lipinski definition) is 3. The molecule has 0 saturated carbocycles. The molecule has 1 heterocycles. The number of phenolic OH excluding ortho intramolecular Hbond substituents is 1. The van der Waals surface area contributed by atoms with Crippen molar-refractivity contribution in [3.8, 4) is 5.75 Å². The average molecular weight is 281 g/mol. The van der Waals surface area contributed by atoms with Crippen LogP contribution in [0.2, 0.25) is 0 Å². The minimum atomic E-state index is -1.74. The smallest absolute Gasteiger partial charge is 0.513 e. The number of aryl methyl sites for hydroxylation is 1. The van der Waals surface area contributed by atoms with Gasteiger partial charge >= 0.3 is 18.0 Å². The normalized spacial score (nSPS) is 21.9. The van der Waals surface area contributed by atoms with Crippen LogP contribution in [0.4, 0.5) is 10.5 Å². The van der Waals surface area contributed by atoms with Crippen molar-refractivity contribution in [1.29, 1.82) is 0 Å². The second-order valence-electron chi connectivity index (χ2n) is 4.11. The van der Waals surface area contributed by atoms with Crippen molar-refractivity contribution in [2.75, 3.05) is 6.67 Å². The molecule has 1 aliphatic rings. The SMILES string of the molecule is Cc1cc([N+]2([O-])CNC(=O)C(OC(=O)O)=N2)ccc1O. The summed E-state index contributed by atoms with van der Waals surface area (Å²) in [5.74, 6) is -1.70. The molecule has 106 valence electrons. The van der Waals surface area contributed by atoms with Gasteiger partial charge in [0.1, 0.15) is 5.75 Å². The van der Waals surface area contributed by atoms with Gasteiger partial charge in [-0.25, -0.2) is 4.79 Å². The van der Waals surface area contributed by atoms with Crippen LogP contribution in [0, 0.1) is 12.1 Å². The Kier molecular flexibility index (Phi) is 3.30. The first kappa shape index (κ1) is 13.8. The van der Waals surface area contributed by atoms with E-state index in [0.29, 0.717) is 5.56 Å². The number of carbonyl (C=O) groups is 2. The molecule has 0 aromatic heterocycles. The first-order chi connectivity index (χ1) is 9.32. The number of nitrogens with one attached hydrogen (secondary N) is 1. The summed E-state index contributed by atoms with van der Waals surface area (Å²) >= 11 is 0. The molecule has 0 radical (unpaired) electrons. The van der Waals surface area contributed by atoms with E-state index in [2.05, 4.69) is 15.2 Å². The highest BCUT2D eigenvalue weighted by Gasteiger charge is 2.33. The number of ether oxygens (including phenoxy) is 1. The Labute approximate surface area is 112 Å². The van der Waals surface area contributed by atoms with E-state index in [-0.39, 0.29) is 11.4 Å². The van der Waals surface area contributed by atoms with E-state index in [4.69, 9.17) is 5.11 Å². The highest BCUT2D eigenvalue weighted by atomic mass is 16.7. The Morgan fingerprint density at radius 2 is 2.25 bits per heavy atom. The van der Waals surface area contributed by atoms with E-state index in [1.165, 1.54) is 18.2 Å². The molecule has 1 aromatic carbocycles. The lowest BCUT2D eigenvalue weighted by molar-refractivity contribution is -0.117. The number of rotatable bonds is 1. The standard InChI is InChI=1S/C11H11N3O6/c1-6-4-7(2-3-8(6)15)14(19)5-12-9(16)10(13-14)20-11(17)18/h2-4,15H,5H2,1H3,(H,12,16)(H,17,18). The summed E-state index contributed by atoms with van der Waals surface area (Å²) in [5.41, 5.74) is 0.565. The summed E-state index contributed by atoms with van der Waals surface area (Å²) in [4.78, 5) is 21.8. The molecule has 9 nitrogen and oxygen atoms in total. The van der Waals surface area contributed by atoms with Crippen molar-refractivity contribution in [3.05, 3.63) is 29.0 Å². The largest absolute Gasteiger partial charge is 0.598 e. The molecule has 1 amide bonds. The van der Waals surface area contributed by atoms with E-state index in [9.17, 15) is 19.9 Å². The van der Waals surface area contributed by atoms with Gasteiger partial charge in [-0.15, -0.1) is 0 Å². The van der Waals surface area contributed by atoms with Gasteiger partial charge in [0, 0.05) is 12.1 Å². The van der Waals surface area contributed by atoms with E-state index in [1.54, 1.807) is 6.92 Å². The number of phenols is 1. The predicted octanol–water partition coefficient (Wildman–Crippen LogP) is 0.601. The van der Waals surface area contributed by atoms with Crippen LogP contribution in [-0.2, 0) is 9.53 Å². The number of nitrogens with zero attached hydrogens (tertiary/aromatic N) is 2. The third kappa shape index (κ3) is 2.53. The zero-order valence-electron chi connectivity index (χ0n) is 10.4. The highest BCUT2D eigenvalue weighted by Crippen LogP contribution is 2.28. The number of hydroxylamine groups is 1. The van der Waals surface area contributed by atoms with Crippen molar-refractivity contribution in [1.82, 2.24) is 10.1 Å². The molecule has 0 spiro atoms. The molecular formula is C11H11N3O6. The lowest BCUT2D eigenvalue weighted by atomic mass is 10.2. The molecule has 9 heteroatoms. The van der Waals surface area contributed by atoms with Crippen molar-refractivity contribution in [2.45, 2.75) is 6.92 Å². The van der Waals surface area contributed by atoms with Gasteiger partial charge in [-0.2, -0.15) is 4.76 Å². The summed E-state index contributed by atoms with van der Waals surface area (Å²) < 4.78 is 2.80. The van der Waals surface area contributed by atoms with E-state index < -0.39 is 29.4 Å². The van der Waals surface area contributed by atoms with E-state index in [0.717, 1.165) is 0 Å². The van der Waals surface area contributed by atoms with Gasteiger partial charge < -0.3 is 20.2 Å². The zero-order chi connectivity index (χ0) is 14.9. The van der Waals surface area contributed by atoms with E-state index in [1.807, 2.05) is 0 Å². The van der Waals surface area contributed by atoms with Crippen LogP contribution in [0.15, 0.2) is 23.3 Å². The van der Waals surface area contributed by atoms with Crippen molar-refractivity contribution in [2.24, 2.45) is 5.10 Å². The Balaban J connectivity index is 2.42. The van der Waals surface area contributed by atoms with Crippen LogP contribution in [0.25, 0.3) is 0 Å². The van der Waals surface area contributed by atoms with Crippen molar-refractivity contribution >= 4 is 23.6 Å². The first-order valence-electron chi connectivity index (χ1n) is 5.50. The number of benzene rings is 1. The van der Waals surface area contributed by atoms with Crippen LogP contribution >= 0.6 is 0 Å². The second-order valence-corrected chi connectivity index (χ2v) is 4.11. The molecule has 3 N–H and O–H groups in total. The summed E-state index contributed by atoms with van der Waals surface area (Å²) in [6.07, 6.45) is -1.74. The lowest BCUT2D eigenvalue weighted by Gasteiger charge is -2.37. The number of carbonyl (C=O) groups excluding carboxylic acids is 1. The molecule has 0 saturated heterocycles. The number of aromatic hydroxyl groups is 1.